The lowest BCUT2D eigenvalue weighted by molar-refractivity contribution is -0.122. The predicted octanol–water partition coefficient (Wildman–Crippen LogP) is 2.23. The zero-order valence-corrected chi connectivity index (χ0v) is 10.0. The molecule has 0 spiro atoms. The van der Waals surface area contributed by atoms with Crippen LogP contribution in [0.2, 0.25) is 0 Å². The van der Waals surface area contributed by atoms with E-state index < -0.39 is 0 Å². The van der Waals surface area contributed by atoms with E-state index in [1.165, 1.54) is 10.6 Å². The Bertz CT molecular complexity index is 611. The van der Waals surface area contributed by atoms with Crippen molar-refractivity contribution in [2.24, 2.45) is 5.92 Å². The number of hydrogen-bond donors (Lipinski definition) is 0. The maximum Gasteiger partial charge on any atom is 0.251 e. The Morgan fingerprint density at radius 1 is 1.18 bits per heavy atom. The number of para-hydroxylation sites is 1. The Morgan fingerprint density at radius 3 is 2.59 bits per heavy atom. The molecule has 2 rings (SSSR count). The first-order chi connectivity index (χ1) is 8.09. The third-order valence-corrected chi connectivity index (χ3v) is 2.86. The standard InChI is InChI=1S/C14H15NO2/c1-10(2)13(16)9-15-12-6-4-3-5-11(12)7-8-14(15)17/h3-8,10H,9H2,1-2H3. The van der Waals surface area contributed by atoms with Crippen LogP contribution in [0.25, 0.3) is 10.9 Å². The topological polar surface area (TPSA) is 39.1 Å². The molecule has 0 unspecified atom stereocenters. The van der Waals surface area contributed by atoms with E-state index >= 15 is 0 Å². The van der Waals surface area contributed by atoms with Crippen molar-refractivity contribution < 1.29 is 4.79 Å². The molecule has 3 heteroatoms. The van der Waals surface area contributed by atoms with Gasteiger partial charge >= 0.3 is 0 Å². The fourth-order valence-corrected chi connectivity index (χ4v) is 1.75. The molecule has 0 amide bonds. The van der Waals surface area contributed by atoms with Gasteiger partial charge < -0.3 is 4.57 Å². The van der Waals surface area contributed by atoms with E-state index in [0.717, 1.165) is 10.9 Å². The largest absolute Gasteiger partial charge is 0.301 e. The van der Waals surface area contributed by atoms with Gasteiger partial charge in [0.2, 0.25) is 0 Å². The Labute approximate surface area is 99.7 Å². The van der Waals surface area contributed by atoms with Crippen LogP contribution >= 0.6 is 0 Å². The molecule has 1 heterocycles. The van der Waals surface area contributed by atoms with Crippen LogP contribution in [-0.4, -0.2) is 10.4 Å². The number of benzene rings is 1. The zero-order valence-electron chi connectivity index (χ0n) is 10.0. The second-order valence-corrected chi connectivity index (χ2v) is 4.44. The van der Waals surface area contributed by atoms with E-state index in [0.29, 0.717) is 0 Å². The average molecular weight is 229 g/mol. The maximum atomic E-state index is 11.8. The van der Waals surface area contributed by atoms with Crippen molar-refractivity contribution in [2.75, 3.05) is 0 Å². The van der Waals surface area contributed by atoms with Crippen molar-refractivity contribution in [3.8, 4) is 0 Å². The second-order valence-electron chi connectivity index (χ2n) is 4.44. The molecular formula is C14H15NO2. The lowest BCUT2D eigenvalue weighted by atomic mass is 10.1. The maximum absolute atomic E-state index is 11.8. The first-order valence-electron chi connectivity index (χ1n) is 5.71. The summed E-state index contributed by atoms with van der Waals surface area (Å²) in [5, 5.41) is 0.976. The summed E-state index contributed by atoms with van der Waals surface area (Å²) in [6.07, 6.45) is 0. The highest BCUT2D eigenvalue weighted by atomic mass is 16.1. The van der Waals surface area contributed by atoms with E-state index in [4.69, 9.17) is 0 Å². The molecule has 1 aromatic carbocycles. The molecule has 88 valence electrons. The van der Waals surface area contributed by atoms with Crippen molar-refractivity contribution in [1.29, 1.82) is 0 Å². The molecule has 0 radical (unpaired) electrons. The summed E-state index contributed by atoms with van der Waals surface area (Å²) < 4.78 is 1.54. The SMILES string of the molecule is CC(C)C(=O)Cn1c(=O)ccc2ccccc21. The molecule has 3 nitrogen and oxygen atoms in total. The summed E-state index contributed by atoms with van der Waals surface area (Å²) in [4.78, 5) is 23.6. The Balaban J connectivity index is 2.55. The number of pyridine rings is 1. The van der Waals surface area contributed by atoms with Crippen LogP contribution < -0.4 is 5.56 Å². The van der Waals surface area contributed by atoms with Gasteiger partial charge in [-0.1, -0.05) is 32.0 Å². The summed E-state index contributed by atoms with van der Waals surface area (Å²) in [5.74, 6) is 0.0179. The van der Waals surface area contributed by atoms with Gasteiger partial charge in [0.15, 0.2) is 5.78 Å². The summed E-state index contributed by atoms with van der Waals surface area (Å²) in [5.41, 5.74) is 0.687. The normalized spacial score (nSPS) is 11.0. The van der Waals surface area contributed by atoms with Gasteiger partial charge in [-0.15, -0.1) is 0 Å². The van der Waals surface area contributed by atoms with E-state index in [2.05, 4.69) is 0 Å². The highest BCUT2D eigenvalue weighted by Crippen LogP contribution is 2.11. The van der Waals surface area contributed by atoms with E-state index in [9.17, 15) is 9.59 Å². The molecule has 0 aliphatic carbocycles. The number of ketones is 1. The van der Waals surface area contributed by atoms with Gasteiger partial charge in [-0.3, -0.25) is 9.59 Å². The van der Waals surface area contributed by atoms with Crippen LogP contribution in [0.3, 0.4) is 0 Å². The molecule has 1 aromatic heterocycles. The van der Waals surface area contributed by atoms with Gasteiger partial charge in [-0.2, -0.15) is 0 Å². The van der Waals surface area contributed by atoms with Gasteiger partial charge in [0, 0.05) is 12.0 Å². The van der Waals surface area contributed by atoms with Crippen LogP contribution in [0.5, 0.6) is 0 Å². The van der Waals surface area contributed by atoms with Gasteiger partial charge in [0.1, 0.15) is 0 Å². The Morgan fingerprint density at radius 2 is 1.88 bits per heavy atom. The number of carbonyl (C=O) groups excluding carboxylic acids is 1. The summed E-state index contributed by atoms with van der Waals surface area (Å²) in [6.45, 7) is 3.84. The number of Topliss-reactive ketones (excluding diaryl/α,β-unsaturated/α-hetero) is 1. The van der Waals surface area contributed by atoms with Crippen LogP contribution in [0, 0.1) is 5.92 Å². The summed E-state index contributed by atoms with van der Waals surface area (Å²) in [7, 11) is 0. The first-order valence-corrected chi connectivity index (χ1v) is 5.71. The molecule has 0 aliphatic heterocycles. The smallest absolute Gasteiger partial charge is 0.251 e. The average Bonchev–Trinajstić information content (AvgIpc) is 2.32. The Hall–Kier alpha value is -1.90. The molecule has 0 saturated heterocycles. The lowest BCUT2D eigenvalue weighted by Gasteiger charge is -2.10. The minimum Gasteiger partial charge on any atom is -0.301 e. The molecule has 0 bridgehead atoms. The zero-order chi connectivity index (χ0) is 12.4. The molecular weight excluding hydrogens is 214 g/mol. The van der Waals surface area contributed by atoms with Gasteiger partial charge in [-0.05, 0) is 17.5 Å². The Kier molecular flexibility index (Phi) is 3.09. The van der Waals surface area contributed by atoms with Crippen LogP contribution in [-0.2, 0) is 11.3 Å². The fourth-order valence-electron chi connectivity index (χ4n) is 1.75. The second kappa shape index (κ2) is 4.53. The van der Waals surface area contributed by atoms with Crippen molar-refractivity contribution in [1.82, 2.24) is 4.57 Å². The number of rotatable bonds is 3. The summed E-state index contributed by atoms with van der Waals surface area (Å²) in [6, 6.07) is 10.9. The summed E-state index contributed by atoms with van der Waals surface area (Å²) >= 11 is 0. The highest BCUT2D eigenvalue weighted by molar-refractivity contribution is 5.84. The van der Waals surface area contributed by atoms with Crippen molar-refractivity contribution in [2.45, 2.75) is 20.4 Å². The number of fused-ring (bicyclic) bond motifs is 1. The molecule has 0 atom stereocenters. The number of carbonyl (C=O) groups is 1. The number of aromatic nitrogens is 1. The van der Waals surface area contributed by atoms with Crippen molar-refractivity contribution in [3.05, 3.63) is 46.8 Å². The molecule has 0 fully saturated rings. The minimum atomic E-state index is -0.127. The third kappa shape index (κ3) is 2.28. The monoisotopic (exact) mass is 229 g/mol. The third-order valence-electron chi connectivity index (χ3n) is 2.86. The van der Waals surface area contributed by atoms with E-state index in [-0.39, 0.29) is 23.8 Å². The quantitative estimate of drug-likeness (QED) is 0.809. The van der Waals surface area contributed by atoms with Crippen LogP contribution in [0.4, 0.5) is 0 Å². The molecule has 0 aliphatic rings. The molecule has 17 heavy (non-hydrogen) atoms. The van der Waals surface area contributed by atoms with Gasteiger partial charge in [-0.25, -0.2) is 0 Å². The lowest BCUT2D eigenvalue weighted by Crippen LogP contribution is -2.25. The van der Waals surface area contributed by atoms with E-state index in [1.54, 1.807) is 6.07 Å². The number of hydrogen-bond acceptors (Lipinski definition) is 2. The minimum absolute atomic E-state index is 0.0548. The van der Waals surface area contributed by atoms with Crippen molar-refractivity contribution >= 4 is 16.7 Å². The number of nitrogens with zero attached hydrogens (tertiary/aromatic N) is 1. The predicted molar refractivity (Wildman–Crippen MR) is 68.1 cm³/mol. The first kappa shape index (κ1) is 11.6. The van der Waals surface area contributed by atoms with Crippen LogP contribution in [0.15, 0.2) is 41.2 Å². The molecule has 0 saturated carbocycles. The molecule has 0 N–H and O–H groups in total. The van der Waals surface area contributed by atoms with Gasteiger partial charge in [0.05, 0.1) is 12.1 Å². The van der Waals surface area contributed by atoms with Gasteiger partial charge in [0.25, 0.3) is 5.56 Å². The van der Waals surface area contributed by atoms with E-state index in [1.807, 2.05) is 38.1 Å². The highest BCUT2D eigenvalue weighted by Gasteiger charge is 2.10. The van der Waals surface area contributed by atoms with Crippen LogP contribution in [0.1, 0.15) is 13.8 Å². The molecule has 2 aromatic rings. The fraction of sp³-hybridized carbons (Fsp3) is 0.286. The van der Waals surface area contributed by atoms with Crippen molar-refractivity contribution in [3.63, 3.8) is 0 Å².